The van der Waals surface area contributed by atoms with Gasteiger partial charge in [-0.05, 0) is 24.5 Å². The monoisotopic (exact) mass is 397 g/mol. The van der Waals surface area contributed by atoms with Crippen molar-refractivity contribution in [3.63, 3.8) is 0 Å². The Bertz CT molecular complexity index is 1220. The normalized spacial score (nSPS) is 24.9. The molecule has 1 amide bonds. The number of carbonyl (C=O) groups excluding carboxylic acids is 2. The van der Waals surface area contributed by atoms with Crippen molar-refractivity contribution in [3.8, 4) is 6.07 Å². The number of fused-ring (bicyclic) bond motifs is 3. The van der Waals surface area contributed by atoms with Crippen LogP contribution in [-0.4, -0.2) is 11.7 Å². The van der Waals surface area contributed by atoms with E-state index in [2.05, 4.69) is 5.32 Å². The number of amides is 1. The number of nitrogens with zero attached hydrogens (tertiary/aromatic N) is 1. The number of benzene rings is 2. The Morgan fingerprint density at radius 2 is 1.87 bits per heavy atom. The molecular formula is C24H19N3O3. The number of ketones is 1. The van der Waals surface area contributed by atoms with Crippen LogP contribution < -0.4 is 11.1 Å². The van der Waals surface area contributed by atoms with E-state index in [-0.39, 0.29) is 35.2 Å². The molecule has 2 heterocycles. The van der Waals surface area contributed by atoms with Crippen molar-refractivity contribution in [2.24, 2.45) is 5.73 Å². The summed E-state index contributed by atoms with van der Waals surface area (Å²) in [7, 11) is 0. The van der Waals surface area contributed by atoms with Crippen molar-refractivity contribution in [2.45, 2.75) is 31.1 Å². The lowest BCUT2D eigenvalue weighted by Gasteiger charge is -2.38. The number of rotatable bonds is 1. The van der Waals surface area contributed by atoms with Gasteiger partial charge in [-0.15, -0.1) is 0 Å². The van der Waals surface area contributed by atoms with Crippen molar-refractivity contribution in [2.75, 3.05) is 5.32 Å². The molecule has 0 aromatic heterocycles. The van der Waals surface area contributed by atoms with E-state index >= 15 is 0 Å². The molecule has 30 heavy (non-hydrogen) atoms. The third kappa shape index (κ3) is 2.29. The van der Waals surface area contributed by atoms with E-state index in [9.17, 15) is 14.9 Å². The molecular weight excluding hydrogens is 378 g/mol. The molecule has 0 bridgehead atoms. The standard InChI is InChI=1S/C24H19N3O3/c1-13-6-8-14(9-7-13)15-10-19(28)21-20(11-15)30-22(26)17(12-25)24(21)16-4-2-3-5-18(16)27-23(24)29/h2-9,15H,10-11,26H2,1H3,(H,27,29)/t15-,24+/m1/s1. The molecule has 2 aliphatic heterocycles. The van der Waals surface area contributed by atoms with E-state index in [0.29, 0.717) is 23.4 Å². The first-order valence-electron chi connectivity index (χ1n) is 9.79. The summed E-state index contributed by atoms with van der Waals surface area (Å²) >= 11 is 0. The number of ether oxygens (including phenoxy) is 1. The smallest absolute Gasteiger partial charge is 0.245 e. The molecule has 0 unspecified atom stereocenters. The van der Waals surface area contributed by atoms with E-state index < -0.39 is 11.3 Å². The number of nitriles is 1. The highest BCUT2D eigenvalue weighted by atomic mass is 16.5. The number of para-hydroxylation sites is 1. The van der Waals surface area contributed by atoms with Gasteiger partial charge in [0, 0.05) is 24.1 Å². The van der Waals surface area contributed by atoms with Gasteiger partial charge in [0.15, 0.2) is 5.78 Å². The maximum atomic E-state index is 13.5. The maximum Gasteiger partial charge on any atom is 0.245 e. The van der Waals surface area contributed by atoms with Crippen LogP contribution in [0, 0.1) is 18.3 Å². The Morgan fingerprint density at radius 1 is 1.13 bits per heavy atom. The van der Waals surface area contributed by atoms with E-state index in [1.165, 1.54) is 0 Å². The van der Waals surface area contributed by atoms with Gasteiger partial charge in [-0.25, -0.2) is 0 Å². The van der Waals surface area contributed by atoms with Gasteiger partial charge in [0.05, 0.1) is 5.57 Å². The van der Waals surface area contributed by atoms with Crippen LogP contribution in [0.1, 0.15) is 35.4 Å². The largest absolute Gasteiger partial charge is 0.444 e. The Morgan fingerprint density at radius 3 is 2.60 bits per heavy atom. The molecule has 6 nitrogen and oxygen atoms in total. The minimum atomic E-state index is -1.56. The molecule has 3 aliphatic rings. The number of aryl methyl sites for hydroxylation is 1. The molecule has 2 atom stereocenters. The minimum absolute atomic E-state index is 0.0363. The van der Waals surface area contributed by atoms with Gasteiger partial charge in [0.2, 0.25) is 11.8 Å². The van der Waals surface area contributed by atoms with Crippen LogP contribution in [0.15, 0.2) is 71.3 Å². The summed E-state index contributed by atoms with van der Waals surface area (Å²) < 4.78 is 5.80. The molecule has 5 rings (SSSR count). The maximum absolute atomic E-state index is 13.5. The first-order valence-corrected chi connectivity index (χ1v) is 9.79. The average Bonchev–Trinajstić information content (AvgIpc) is 3.00. The van der Waals surface area contributed by atoms with Crippen LogP contribution in [0.25, 0.3) is 0 Å². The summed E-state index contributed by atoms with van der Waals surface area (Å²) in [5.74, 6) is -0.472. The lowest BCUT2D eigenvalue weighted by Crippen LogP contribution is -2.47. The van der Waals surface area contributed by atoms with E-state index in [1.54, 1.807) is 24.3 Å². The van der Waals surface area contributed by atoms with Gasteiger partial charge in [-0.1, -0.05) is 48.0 Å². The molecule has 6 heteroatoms. The number of anilines is 1. The number of allylic oxidation sites excluding steroid dienone is 1. The van der Waals surface area contributed by atoms with Crippen LogP contribution in [0.2, 0.25) is 0 Å². The summed E-state index contributed by atoms with van der Waals surface area (Å²) in [6.45, 7) is 2.01. The van der Waals surface area contributed by atoms with Gasteiger partial charge < -0.3 is 15.8 Å². The minimum Gasteiger partial charge on any atom is -0.444 e. The van der Waals surface area contributed by atoms with Crippen molar-refractivity contribution in [1.29, 1.82) is 5.26 Å². The van der Waals surface area contributed by atoms with E-state index in [4.69, 9.17) is 10.5 Å². The lowest BCUT2D eigenvalue weighted by molar-refractivity contribution is -0.123. The molecule has 0 fully saturated rings. The Labute approximate surface area is 173 Å². The zero-order valence-electron chi connectivity index (χ0n) is 16.4. The summed E-state index contributed by atoms with van der Waals surface area (Å²) in [4.78, 5) is 26.8. The molecule has 1 spiro atoms. The Hall–Kier alpha value is -3.85. The number of Topliss-reactive ketones (excluding diaryl/α,β-unsaturated/α-hetero) is 1. The Kier molecular flexibility index (Phi) is 3.84. The molecule has 148 valence electrons. The second kappa shape index (κ2) is 6.33. The first kappa shape index (κ1) is 18.2. The second-order valence-electron chi connectivity index (χ2n) is 7.94. The predicted octanol–water partition coefficient (Wildman–Crippen LogP) is 3.31. The Balaban J connectivity index is 1.71. The fraction of sp³-hybridized carbons (Fsp3) is 0.208. The lowest BCUT2D eigenvalue weighted by atomic mass is 9.63. The van der Waals surface area contributed by atoms with E-state index in [1.807, 2.05) is 37.3 Å². The molecule has 1 aliphatic carbocycles. The van der Waals surface area contributed by atoms with Crippen LogP contribution in [0.4, 0.5) is 5.69 Å². The molecule has 2 aromatic rings. The van der Waals surface area contributed by atoms with Crippen molar-refractivity contribution in [3.05, 3.63) is 88.0 Å². The fourth-order valence-electron chi connectivity index (χ4n) is 4.85. The van der Waals surface area contributed by atoms with Crippen LogP contribution in [0.5, 0.6) is 0 Å². The highest BCUT2D eigenvalue weighted by Gasteiger charge is 2.60. The SMILES string of the molecule is Cc1ccc([C@@H]2CC(=O)C3=C(C2)OC(N)=C(C#N)[C@]32C(=O)Nc3ccccc32)cc1. The quantitative estimate of drug-likeness (QED) is 0.768. The number of nitrogens with two attached hydrogens (primary N) is 1. The topological polar surface area (TPSA) is 105 Å². The van der Waals surface area contributed by atoms with Crippen LogP contribution in [-0.2, 0) is 19.7 Å². The fourth-order valence-corrected chi connectivity index (χ4v) is 4.85. The number of hydrogen-bond donors (Lipinski definition) is 2. The molecule has 0 radical (unpaired) electrons. The third-order valence-corrected chi connectivity index (χ3v) is 6.23. The second-order valence-corrected chi connectivity index (χ2v) is 7.94. The molecule has 0 saturated carbocycles. The number of hydrogen-bond acceptors (Lipinski definition) is 5. The number of carbonyl (C=O) groups is 2. The van der Waals surface area contributed by atoms with Gasteiger partial charge in [0.1, 0.15) is 22.8 Å². The zero-order chi connectivity index (χ0) is 21.0. The highest BCUT2D eigenvalue weighted by Crippen LogP contribution is 2.55. The zero-order valence-corrected chi connectivity index (χ0v) is 16.4. The van der Waals surface area contributed by atoms with Crippen LogP contribution in [0.3, 0.4) is 0 Å². The summed E-state index contributed by atoms with van der Waals surface area (Å²) in [5.41, 5.74) is 8.08. The molecule has 0 saturated heterocycles. The predicted molar refractivity (Wildman–Crippen MR) is 110 cm³/mol. The van der Waals surface area contributed by atoms with Crippen molar-refractivity contribution >= 4 is 17.4 Å². The molecule has 3 N–H and O–H groups in total. The molecule has 2 aromatic carbocycles. The van der Waals surface area contributed by atoms with Gasteiger partial charge in [-0.3, -0.25) is 9.59 Å². The van der Waals surface area contributed by atoms with Gasteiger partial charge in [-0.2, -0.15) is 5.26 Å². The van der Waals surface area contributed by atoms with Crippen LogP contribution >= 0.6 is 0 Å². The first-order chi connectivity index (χ1) is 14.5. The van der Waals surface area contributed by atoms with Gasteiger partial charge >= 0.3 is 0 Å². The summed E-state index contributed by atoms with van der Waals surface area (Å²) in [6, 6.07) is 17.2. The average molecular weight is 397 g/mol. The summed E-state index contributed by atoms with van der Waals surface area (Å²) in [6.07, 6.45) is 0.668. The van der Waals surface area contributed by atoms with E-state index in [0.717, 1.165) is 11.1 Å². The van der Waals surface area contributed by atoms with Gasteiger partial charge in [0.25, 0.3) is 0 Å². The van der Waals surface area contributed by atoms with Crippen molar-refractivity contribution < 1.29 is 14.3 Å². The number of nitrogens with one attached hydrogen (secondary N) is 1. The summed E-state index contributed by atoms with van der Waals surface area (Å²) in [5, 5.41) is 12.7. The third-order valence-electron chi connectivity index (χ3n) is 6.23. The highest BCUT2D eigenvalue weighted by molar-refractivity contribution is 6.19. The van der Waals surface area contributed by atoms with Crippen molar-refractivity contribution in [1.82, 2.24) is 0 Å².